The minimum Gasteiger partial charge on any atom is -0.324 e. The topological polar surface area (TPSA) is 119 Å². The van der Waals surface area contributed by atoms with Crippen LogP contribution in [0.3, 0.4) is 0 Å². The fourth-order valence-electron chi connectivity index (χ4n) is 1.89. The maximum Gasteiger partial charge on any atom is 0.359 e. The van der Waals surface area contributed by atoms with Gasteiger partial charge in [-0.15, -0.1) is 0 Å². The zero-order valence-electron chi connectivity index (χ0n) is 9.53. The van der Waals surface area contributed by atoms with Gasteiger partial charge in [-0.3, -0.25) is 9.13 Å². The Kier molecular flexibility index (Phi) is 5.80. The predicted octanol–water partition coefficient (Wildman–Crippen LogP) is 1.94. The molecule has 1 fully saturated rings. The summed E-state index contributed by atoms with van der Waals surface area (Å²) in [5, 5.41) is 0. The lowest BCUT2D eigenvalue weighted by Crippen LogP contribution is -2.14. The van der Waals surface area contributed by atoms with E-state index in [0.717, 1.165) is 25.7 Å². The van der Waals surface area contributed by atoms with E-state index in [0.29, 0.717) is 12.8 Å². The fraction of sp³-hybridized carbons (Fsp3) is 1.00. The lowest BCUT2D eigenvalue weighted by atomic mass is 10.2. The molecule has 17 heavy (non-hydrogen) atoms. The van der Waals surface area contributed by atoms with Crippen molar-refractivity contribution in [2.75, 3.05) is 5.90 Å². The first-order chi connectivity index (χ1) is 7.85. The first-order valence-corrected chi connectivity index (χ1v) is 9.08. The van der Waals surface area contributed by atoms with Crippen molar-refractivity contribution in [3.63, 3.8) is 0 Å². The summed E-state index contributed by atoms with van der Waals surface area (Å²) < 4.78 is 32.1. The maximum atomic E-state index is 11.9. The summed E-state index contributed by atoms with van der Waals surface area (Å²) in [6, 6.07) is 0. The van der Waals surface area contributed by atoms with E-state index in [4.69, 9.17) is 20.2 Å². The predicted molar refractivity (Wildman–Crippen MR) is 62.4 cm³/mol. The summed E-state index contributed by atoms with van der Waals surface area (Å²) in [6.07, 6.45) is 5.22. The van der Waals surface area contributed by atoms with Crippen LogP contribution in [-0.2, 0) is 18.3 Å². The first-order valence-electron chi connectivity index (χ1n) is 5.55. The SMILES string of the molecule is NOP(=O)(CP(=O)(O)O)OC1CCCCCC1. The molecule has 0 bridgehead atoms. The molecule has 0 aromatic rings. The van der Waals surface area contributed by atoms with Crippen LogP contribution in [0, 0.1) is 0 Å². The molecule has 0 aliphatic heterocycles. The zero-order chi connectivity index (χ0) is 12.9. The van der Waals surface area contributed by atoms with Gasteiger partial charge in [0, 0.05) is 0 Å². The van der Waals surface area contributed by atoms with Gasteiger partial charge in [-0.2, -0.15) is 0 Å². The second kappa shape index (κ2) is 6.43. The van der Waals surface area contributed by atoms with Crippen LogP contribution in [0.25, 0.3) is 0 Å². The zero-order valence-corrected chi connectivity index (χ0v) is 11.3. The second-order valence-corrected chi connectivity index (χ2v) is 8.35. The van der Waals surface area contributed by atoms with Gasteiger partial charge in [0.2, 0.25) is 0 Å². The summed E-state index contributed by atoms with van der Waals surface area (Å²) in [5.41, 5.74) is 0. The summed E-state index contributed by atoms with van der Waals surface area (Å²) in [6.45, 7) is 0. The number of rotatable bonds is 5. The molecule has 0 radical (unpaired) electrons. The number of hydrogen-bond acceptors (Lipinski definition) is 5. The molecular weight excluding hydrogens is 268 g/mol. The molecule has 0 heterocycles. The van der Waals surface area contributed by atoms with Crippen LogP contribution >= 0.6 is 15.2 Å². The van der Waals surface area contributed by atoms with E-state index in [2.05, 4.69) is 4.62 Å². The standard InChI is InChI=1S/C8H19NO6P2/c9-15-17(13,7-16(10,11)12)14-8-5-3-1-2-4-6-8/h8H,1-7,9H2,(H2,10,11,12). The minimum atomic E-state index is -4.48. The second-order valence-electron chi connectivity index (χ2n) is 4.24. The average molecular weight is 287 g/mol. The van der Waals surface area contributed by atoms with Gasteiger partial charge in [-0.05, 0) is 12.8 Å². The van der Waals surface area contributed by atoms with Crippen molar-refractivity contribution in [2.24, 2.45) is 5.90 Å². The van der Waals surface area contributed by atoms with Crippen LogP contribution in [0.15, 0.2) is 0 Å². The van der Waals surface area contributed by atoms with Crippen LogP contribution in [-0.4, -0.2) is 21.8 Å². The highest BCUT2D eigenvalue weighted by atomic mass is 31.2. The Morgan fingerprint density at radius 2 is 1.65 bits per heavy atom. The smallest absolute Gasteiger partial charge is 0.324 e. The molecule has 0 spiro atoms. The van der Waals surface area contributed by atoms with E-state index in [9.17, 15) is 9.13 Å². The van der Waals surface area contributed by atoms with Crippen molar-refractivity contribution in [1.29, 1.82) is 0 Å². The third kappa shape index (κ3) is 6.11. The largest absolute Gasteiger partial charge is 0.359 e. The number of hydrogen-bond donors (Lipinski definition) is 3. The monoisotopic (exact) mass is 287 g/mol. The Bertz CT molecular complexity index is 322. The molecule has 7 nitrogen and oxygen atoms in total. The summed E-state index contributed by atoms with van der Waals surface area (Å²) in [4.78, 5) is 17.6. The Balaban J connectivity index is 2.60. The highest BCUT2D eigenvalue weighted by molar-refractivity contribution is 7.70. The van der Waals surface area contributed by atoms with Crippen LogP contribution in [0.1, 0.15) is 38.5 Å². The third-order valence-electron chi connectivity index (χ3n) is 2.63. The van der Waals surface area contributed by atoms with Gasteiger partial charge >= 0.3 is 15.2 Å². The highest BCUT2D eigenvalue weighted by Gasteiger charge is 2.36. The highest BCUT2D eigenvalue weighted by Crippen LogP contribution is 2.59. The molecule has 0 aromatic carbocycles. The van der Waals surface area contributed by atoms with E-state index in [1.54, 1.807) is 0 Å². The molecular formula is C8H19NO6P2. The van der Waals surface area contributed by atoms with Crippen LogP contribution in [0.4, 0.5) is 0 Å². The Morgan fingerprint density at radius 1 is 1.12 bits per heavy atom. The van der Waals surface area contributed by atoms with Gasteiger partial charge in [0.15, 0.2) is 5.90 Å². The van der Waals surface area contributed by atoms with Gasteiger partial charge in [0.25, 0.3) is 0 Å². The van der Waals surface area contributed by atoms with Gasteiger partial charge in [0.1, 0.15) is 0 Å². The van der Waals surface area contributed by atoms with Crippen LogP contribution in [0.5, 0.6) is 0 Å². The van der Waals surface area contributed by atoms with Crippen molar-refractivity contribution in [3.05, 3.63) is 0 Å². The molecule has 9 heteroatoms. The summed E-state index contributed by atoms with van der Waals surface area (Å²) >= 11 is 0. The van der Waals surface area contributed by atoms with E-state index in [1.165, 1.54) is 0 Å². The van der Waals surface area contributed by atoms with Gasteiger partial charge in [-0.25, -0.2) is 10.5 Å². The van der Waals surface area contributed by atoms with Gasteiger partial charge in [0.05, 0.1) is 6.10 Å². The molecule has 0 aromatic heterocycles. The Morgan fingerprint density at radius 3 is 2.06 bits per heavy atom. The van der Waals surface area contributed by atoms with E-state index < -0.39 is 21.1 Å². The molecule has 1 unspecified atom stereocenters. The quantitative estimate of drug-likeness (QED) is 0.401. The minimum absolute atomic E-state index is 0.293. The molecule has 1 aliphatic rings. The van der Waals surface area contributed by atoms with Crippen molar-refractivity contribution in [2.45, 2.75) is 44.6 Å². The van der Waals surface area contributed by atoms with E-state index in [-0.39, 0.29) is 6.10 Å². The van der Waals surface area contributed by atoms with Crippen LogP contribution in [0.2, 0.25) is 0 Å². The van der Waals surface area contributed by atoms with E-state index in [1.807, 2.05) is 0 Å². The molecule has 1 rings (SSSR count). The average Bonchev–Trinajstić information content (AvgIpc) is 2.43. The normalized spacial score (nSPS) is 23.0. The third-order valence-corrected chi connectivity index (χ3v) is 6.43. The molecule has 1 saturated carbocycles. The molecule has 1 atom stereocenters. The van der Waals surface area contributed by atoms with Gasteiger partial charge < -0.3 is 14.3 Å². The van der Waals surface area contributed by atoms with Crippen molar-refractivity contribution in [1.82, 2.24) is 0 Å². The molecule has 4 N–H and O–H groups in total. The van der Waals surface area contributed by atoms with E-state index >= 15 is 0 Å². The molecule has 0 saturated heterocycles. The lowest BCUT2D eigenvalue weighted by molar-refractivity contribution is 0.137. The molecule has 0 amide bonds. The van der Waals surface area contributed by atoms with Crippen molar-refractivity contribution < 1.29 is 28.1 Å². The number of nitrogens with two attached hydrogens (primary N) is 1. The van der Waals surface area contributed by atoms with Crippen molar-refractivity contribution in [3.8, 4) is 0 Å². The lowest BCUT2D eigenvalue weighted by Gasteiger charge is -2.22. The summed E-state index contributed by atoms with van der Waals surface area (Å²) in [7, 11) is -8.37. The first kappa shape index (κ1) is 15.3. The summed E-state index contributed by atoms with van der Waals surface area (Å²) in [5.74, 6) is 3.87. The Hall–Kier alpha value is 0.260. The molecule has 102 valence electrons. The van der Waals surface area contributed by atoms with Gasteiger partial charge in [-0.1, -0.05) is 25.7 Å². The van der Waals surface area contributed by atoms with Crippen LogP contribution < -0.4 is 5.90 Å². The fourth-order valence-corrected chi connectivity index (χ4v) is 4.94. The van der Waals surface area contributed by atoms with Crippen molar-refractivity contribution >= 4 is 15.2 Å². The molecule has 1 aliphatic carbocycles. The Labute approximate surface area is 100 Å². The maximum absolute atomic E-state index is 11.9.